The first-order valence-corrected chi connectivity index (χ1v) is 8.26. The molecule has 1 atom stereocenters. The number of hydrogen-bond donors (Lipinski definition) is 1. The molecule has 0 aliphatic carbocycles. The van der Waals surface area contributed by atoms with Gasteiger partial charge in [0.2, 0.25) is 0 Å². The summed E-state index contributed by atoms with van der Waals surface area (Å²) in [4.78, 5) is 25.1. The minimum atomic E-state index is -0.768. The highest BCUT2D eigenvalue weighted by Gasteiger charge is 2.27. The highest BCUT2D eigenvalue weighted by Crippen LogP contribution is 2.11. The van der Waals surface area contributed by atoms with Crippen molar-refractivity contribution in [2.24, 2.45) is 0 Å². The van der Waals surface area contributed by atoms with E-state index in [2.05, 4.69) is 10.4 Å². The average molecular weight is 343 g/mol. The number of alkyl carbamates (subject to hydrolysis) is 1. The van der Waals surface area contributed by atoms with Crippen LogP contribution in [0.2, 0.25) is 0 Å². The SMILES string of the molecule is Cc1cc(C)n(C(=O)[C@@H](Cc2ccccc2)NC(=O)OC(C)(C)C)n1. The number of aromatic nitrogens is 2. The molecular weight excluding hydrogens is 318 g/mol. The lowest BCUT2D eigenvalue weighted by molar-refractivity contribution is 0.0480. The summed E-state index contributed by atoms with van der Waals surface area (Å²) >= 11 is 0. The monoisotopic (exact) mass is 343 g/mol. The zero-order valence-electron chi connectivity index (χ0n) is 15.4. The van der Waals surface area contributed by atoms with Crippen LogP contribution in [0.5, 0.6) is 0 Å². The predicted molar refractivity (Wildman–Crippen MR) is 95.6 cm³/mol. The molecule has 1 aromatic carbocycles. The summed E-state index contributed by atoms with van der Waals surface area (Å²) in [5.74, 6) is -0.291. The number of nitrogens with zero attached hydrogens (tertiary/aromatic N) is 2. The second kappa shape index (κ2) is 7.51. The van der Waals surface area contributed by atoms with Gasteiger partial charge in [0.25, 0.3) is 5.91 Å². The molecule has 0 radical (unpaired) electrons. The van der Waals surface area contributed by atoms with E-state index < -0.39 is 17.7 Å². The van der Waals surface area contributed by atoms with Crippen molar-refractivity contribution >= 4 is 12.0 Å². The number of aryl methyl sites for hydroxylation is 2. The van der Waals surface area contributed by atoms with Crippen LogP contribution in [0.15, 0.2) is 36.4 Å². The van der Waals surface area contributed by atoms with Crippen LogP contribution in [0.3, 0.4) is 0 Å². The average Bonchev–Trinajstić information content (AvgIpc) is 2.83. The van der Waals surface area contributed by atoms with E-state index in [1.165, 1.54) is 4.68 Å². The van der Waals surface area contributed by atoms with Crippen molar-refractivity contribution in [3.63, 3.8) is 0 Å². The maximum atomic E-state index is 12.9. The van der Waals surface area contributed by atoms with Crippen molar-refractivity contribution in [3.05, 3.63) is 53.3 Å². The standard InChI is InChI=1S/C19H25N3O3/c1-13-11-14(2)22(21-13)17(23)16(12-15-9-7-6-8-10-15)20-18(24)25-19(3,4)5/h6-11,16H,12H2,1-5H3,(H,20,24)/t16-/m1/s1. The molecule has 0 bridgehead atoms. The first-order chi connectivity index (χ1) is 11.7. The number of amides is 1. The Morgan fingerprint density at radius 3 is 2.36 bits per heavy atom. The molecule has 2 rings (SSSR count). The van der Waals surface area contributed by atoms with Gasteiger partial charge in [0.15, 0.2) is 0 Å². The molecule has 1 aromatic heterocycles. The summed E-state index contributed by atoms with van der Waals surface area (Å²) in [7, 11) is 0. The van der Waals surface area contributed by atoms with Crippen LogP contribution in [0.4, 0.5) is 4.79 Å². The lowest BCUT2D eigenvalue weighted by Crippen LogP contribution is -2.47. The van der Waals surface area contributed by atoms with Gasteiger partial charge in [-0.2, -0.15) is 5.10 Å². The smallest absolute Gasteiger partial charge is 0.408 e. The largest absolute Gasteiger partial charge is 0.444 e. The van der Waals surface area contributed by atoms with Gasteiger partial charge < -0.3 is 10.1 Å². The molecule has 0 saturated heterocycles. The number of carbonyl (C=O) groups excluding carboxylic acids is 2. The van der Waals surface area contributed by atoms with Crippen LogP contribution in [0.1, 0.15) is 42.5 Å². The molecule has 1 heterocycles. The highest BCUT2D eigenvalue weighted by molar-refractivity contribution is 5.87. The number of hydrogen-bond acceptors (Lipinski definition) is 4. The lowest BCUT2D eigenvalue weighted by atomic mass is 10.1. The van der Waals surface area contributed by atoms with E-state index in [-0.39, 0.29) is 5.91 Å². The van der Waals surface area contributed by atoms with Gasteiger partial charge in [-0.15, -0.1) is 0 Å². The Morgan fingerprint density at radius 2 is 1.84 bits per heavy atom. The Balaban J connectivity index is 2.23. The Bertz CT molecular complexity index is 745. The van der Waals surface area contributed by atoms with Crippen molar-refractivity contribution in [1.82, 2.24) is 15.1 Å². The fraction of sp³-hybridized carbons (Fsp3) is 0.421. The lowest BCUT2D eigenvalue weighted by Gasteiger charge is -2.23. The van der Waals surface area contributed by atoms with Crippen molar-refractivity contribution < 1.29 is 14.3 Å². The minimum absolute atomic E-state index is 0.291. The molecule has 6 heteroatoms. The van der Waals surface area contributed by atoms with E-state index in [0.717, 1.165) is 17.0 Å². The molecular formula is C19H25N3O3. The molecule has 0 fully saturated rings. The zero-order chi connectivity index (χ0) is 18.6. The number of carbonyl (C=O) groups is 2. The normalized spacial score (nSPS) is 12.5. The second-order valence-electron chi connectivity index (χ2n) is 7.07. The minimum Gasteiger partial charge on any atom is -0.444 e. The van der Waals surface area contributed by atoms with Crippen molar-refractivity contribution in [3.8, 4) is 0 Å². The van der Waals surface area contributed by atoms with E-state index in [0.29, 0.717) is 6.42 Å². The van der Waals surface area contributed by atoms with Gasteiger partial charge in [0.05, 0.1) is 5.69 Å². The third-order valence-corrected chi connectivity index (χ3v) is 3.49. The second-order valence-corrected chi connectivity index (χ2v) is 7.07. The van der Waals surface area contributed by atoms with Crippen molar-refractivity contribution in [2.45, 2.75) is 52.7 Å². The molecule has 25 heavy (non-hydrogen) atoms. The molecule has 0 saturated carbocycles. The Morgan fingerprint density at radius 1 is 1.20 bits per heavy atom. The number of rotatable bonds is 4. The number of benzene rings is 1. The molecule has 0 aliphatic heterocycles. The van der Waals surface area contributed by atoms with Crippen LogP contribution < -0.4 is 5.32 Å². The van der Waals surface area contributed by atoms with Crippen molar-refractivity contribution in [2.75, 3.05) is 0 Å². The fourth-order valence-corrected chi connectivity index (χ4v) is 2.50. The maximum Gasteiger partial charge on any atom is 0.408 e. The highest BCUT2D eigenvalue weighted by atomic mass is 16.6. The summed E-state index contributed by atoms with van der Waals surface area (Å²) in [6, 6.07) is 10.6. The number of ether oxygens (including phenoxy) is 1. The van der Waals surface area contributed by atoms with Gasteiger partial charge in [0.1, 0.15) is 11.6 Å². The fourth-order valence-electron chi connectivity index (χ4n) is 2.50. The molecule has 134 valence electrons. The van der Waals surface area contributed by atoms with Gasteiger partial charge in [-0.1, -0.05) is 30.3 Å². The first kappa shape index (κ1) is 18.7. The third kappa shape index (κ3) is 5.45. The molecule has 0 unspecified atom stereocenters. The van der Waals surface area contributed by atoms with Crippen LogP contribution in [-0.4, -0.2) is 33.4 Å². The van der Waals surface area contributed by atoms with Gasteiger partial charge in [-0.05, 0) is 46.2 Å². The summed E-state index contributed by atoms with van der Waals surface area (Å²) in [6.45, 7) is 8.97. The van der Waals surface area contributed by atoms with Crippen LogP contribution in [0.25, 0.3) is 0 Å². The molecule has 0 aliphatic rings. The van der Waals surface area contributed by atoms with Gasteiger partial charge >= 0.3 is 6.09 Å². The summed E-state index contributed by atoms with van der Waals surface area (Å²) < 4.78 is 6.63. The van der Waals surface area contributed by atoms with Crippen molar-refractivity contribution in [1.29, 1.82) is 0 Å². The molecule has 1 amide bonds. The van der Waals surface area contributed by atoms with Crippen LogP contribution >= 0.6 is 0 Å². The Labute approximate surface area is 148 Å². The van der Waals surface area contributed by atoms with E-state index in [1.807, 2.05) is 50.2 Å². The van der Waals surface area contributed by atoms with Gasteiger partial charge in [-0.3, -0.25) is 4.79 Å². The first-order valence-electron chi connectivity index (χ1n) is 8.26. The predicted octanol–water partition coefficient (Wildman–Crippen LogP) is 3.28. The number of nitrogens with one attached hydrogen (secondary N) is 1. The van der Waals surface area contributed by atoms with E-state index in [1.54, 1.807) is 20.8 Å². The maximum absolute atomic E-state index is 12.9. The van der Waals surface area contributed by atoms with Crippen LogP contribution in [0, 0.1) is 13.8 Å². The third-order valence-electron chi connectivity index (χ3n) is 3.49. The van der Waals surface area contributed by atoms with E-state index >= 15 is 0 Å². The van der Waals surface area contributed by atoms with E-state index in [4.69, 9.17) is 4.74 Å². The van der Waals surface area contributed by atoms with Gasteiger partial charge in [0, 0.05) is 12.1 Å². The summed E-state index contributed by atoms with van der Waals surface area (Å²) in [6.07, 6.45) is -0.264. The zero-order valence-corrected chi connectivity index (χ0v) is 15.4. The summed E-state index contributed by atoms with van der Waals surface area (Å²) in [5.41, 5.74) is 1.79. The Hall–Kier alpha value is -2.63. The summed E-state index contributed by atoms with van der Waals surface area (Å²) in [5, 5.41) is 6.91. The molecule has 6 nitrogen and oxygen atoms in total. The molecule has 1 N–H and O–H groups in total. The topological polar surface area (TPSA) is 73.2 Å². The van der Waals surface area contributed by atoms with Crippen LogP contribution in [-0.2, 0) is 11.2 Å². The molecule has 0 spiro atoms. The van der Waals surface area contributed by atoms with Gasteiger partial charge in [-0.25, -0.2) is 9.48 Å². The Kier molecular flexibility index (Phi) is 5.62. The van der Waals surface area contributed by atoms with E-state index in [9.17, 15) is 9.59 Å². The molecule has 2 aromatic rings. The quantitative estimate of drug-likeness (QED) is 0.924.